The van der Waals surface area contributed by atoms with Gasteiger partial charge in [-0.3, -0.25) is 4.79 Å². The molecule has 0 fully saturated rings. The van der Waals surface area contributed by atoms with E-state index in [1.54, 1.807) is 11.0 Å². The summed E-state index contributed by atoms with van der Waals surface area (Å²) in [5.74, 6) is 0.254. The molecule has 1 rings (SSSR count). The maximum absolute atomic E-state index is 12.5. The van der Waals surface area contributed by atoms with Gasteiger partial charge in [0, 0.05) is 13.1 Å². The van der Waals surface area contributed by atoms with Crippen LogP contribution in [-0.2, 0) is 0 Å². The molecule has 19 heavy (non-hydrogen) atoms. The first-order valence-corrected chi connectivity index (χ1v) is 6.76. The highest BCUT2D eigenvalue weighted by molar-refractivity contribution is 6.34. The predicted molar refractivity (Wildman–Crippen MR) is 77.2 cm³/mol. The molecule has 0 spiro atoms. The normalized spacial score (nSPS) is 10.3. The molecule has 0 radical (unpaired) electrons. The van der Waals surface area contributed by atoms with E-state index in [1.807, 2.05) is 32.9 Å². The number of halogens is 1. The molecule has 0 aliphatic carbocycles. The van der Waals surface area contributed by atoms with E-state index < -0.39 is 0 Å². The maximum Gasteiger partial charge on any atom is 0.255 e. The van der Waals surface area contributed by atoms with Crippen molar-refractivity contribution >= 4 is 17.5 Å². The lowest BCUT2D eigenvalue weighted by molar-refractivity contribution is 0.0740. The van der Waals surface area contributed by atoms with Crippen molar-refractivity contribution in [2.24, 2.45) is 5.92 Å². The highest BCUT2D eigenvalue weighted by Gasteiger charge is 2.19. The topological polar surface area (TPSA) is 44.1 Å². The second-order valence-corrected chi connectivity index (χ2v) is 5.37. The molecule has 0 aromatic heterocycles. The molecule has 1 aromatic rings. The van der Waals surface area contributed by atoms with Crippen LogP contribution >= 0.6 is 11.6 Å². The second kappa shape index (κ2) is 7.16. The summed E-state index contributed by atoms with van der Waals surface area (Å²) in [5.41, 5.74) is 1.40. The number of benzene rings is 1. The van der Waals surface area contributed by atoms with Crippen LogP contribution in [0, 0.1) is 24.2 Å². The van der Waals surface area contributed by atoms with E-state index in [0.717, 1.165) is 5.56 Å². The fraction of sp³-hybridized carbons (Fsp3) is 0.467. The van der Waals surface area contributed by atoms with Crippen LogP contribution in [0.1, 0.15) is 36.2 Å². The molecule has 0 N–H and O–H groups in total. The van der Waals surface area contributed by atoms with Gasteiger partial charge in [-0.05, 0) is 24.5 Å². The average molecular weight is 279 g/mol. The van der Waals surface area contributed by atoms with Gasteiger partial charge in [0.25, 0.3) is 5.91 Å². The molecular formula is C15H19ClN2O. The average Bonchev–Trinajstić information content (AvgIpc) is 2.36. The minimum atomic E-state index is -0.0994. The van der Waals surface area contributed by atoms with Gasteiger partial charge >= 0.3 is 0 Å². The first kappa shape index (κ1) is 15.5. The zero-order chi connectivity index (χ0) is 14.4. The van der Waals surface area contributed by atoms with Crippen molar-refractivity contribution in [3.63, 3.8) is 0 Å². The smallest absolute Gasteiger partial charge is 0.255 e. The van der Waals surface area contributed by atoms with Crippen molar-refractivity contribution in [2.45, 2.75) is 27.2 Å². The minimum Gasteiger partial charge on any atom is -0.337 e. The molecule has 1 amide bonds. The molecule has 0 unspecified atom stereocenters. The predicted octanol–water partition coefficient (Wildman–Crippen LogP) is 3.66. The van der Waals surface area contributed by atoms with Crippen molar-refractivity contribution in [1.82, 2.24) is 4.90 Å². The Morgan fingerprint density at radius 3 is 2.74 bits per heavy atom. The number of carbonyl (C=O) groups is 1. The van der Waals surface area contributed by atoms with Crippen LogP contribution in [0.15, 0.2) is 18.2 Å². The van der Waals surface area contributed by atoms with E-state index in [2.05, 4.69) is 6.07 Å². The van der Waals surface area contributed by atoms with E-state index >= 15 is 0 Å². The highest BCUT2D eigenvalue weighted by Crippen LogP contribution is 2.22. The van der Waals surface area contributed by atoms with Gasteiger partial charge < -0.3 is 4.90 Å². The van der Waals surface area contributed by atoms with Crippen LogP contribution in [0.3, 0.4) is 0 Å². The molecule has 0 saturated heterocycles. The fourth-order valence-corrected chi connectivity index (χ4v) is 2.09. The van der Waals surface area contributed by atoms with Crippen LogP contribution < -0.4 is 0 Å². The number of rotatable bonds is 5. The highest BCUT2D eigenvalue weighted by atomic mass is 35.5. The van der Waals surface area contributed by atoms with Crippen LogP contribution in [0.25, 0.3) is 0 Å². The Hall–Kier alpha value is -1.53. The summed E-state index contributed by atoms with van der Waals surface area (Å²) in [6, 6.07) is 7.51. The Morgan fingerprint density at radius 1 is 1.47 bits per heavy atom. The van der Waals surface area contributed by atoms with Gasteiger partial charge in [0.2, 0.25) is 0 Å². The maximum atomic E-state index is 12.5. The lowest BCUT2D eigenvalue weighted by Gasteiger charge is -2.24. The summed E-state index contributed by atoms with van der Waals surface area (Å²) in [6.45, 7) is 7.04. The van der Waals surface area contributed by atoms with Crippen molar-refractivity contribution in [1.29, 1.82) is 5.26 Å². The molecule has 0 saturated carbocycles. The Bertz CT molecular complexity index is 491. The third-order valence-corrected chi connectivity index (χ3v) is 3.29. The summed E-state index contributed by atoms with van der Waals surface area (Å²) >= 11 is 6.19. The van der Waals surface area contributed by atoms with Crippen molar-refractivity contribution in [2.75, 3.05) is 13.1 Å². The fourth-order valence-electron chi connectivity index (χ4n) is 1.88. The summed E-state index contributed by atoms with van der Waals surface area (Å²) in [7, 11) is 0. The zero-order valence-corrected chi connectivity index (χ0v) is 12.4. The van der Waals surface area contributed by atoms with E-state index in [-0.39, 0.29) is 5.91 Å². The first-order valence-electron chi connectivity index (χ1n) is 6.38. The third kappa shape index (κ3) is 4.25. The van der Waals surface area contributed by atoms with Crippen LogP contribution in [0.4, 0.5) is 0 Å². The molecule has 102 valence electrons. The van der Waals surface area contributed by atoms with E-state index in [1.165, 1.54) is 0 Å². The zero-order valence-electron chi connectivity index (χ0n) is 11.6. The minimum absolute atomic E-state index is 0.0994. The number of aryl methyl sites for hydroxylation is 1. The van der Waals surface area contributed by atoms with E-state index in [0.29, 0.717) is 36.0 Å². The standard InChI is InChI=1S/C15H19ClN2O/c1-11(2)10-18(9-5-8-17)15(19)13-7-4-6-12(3)14(13)16/h4,6-7,11H,5,9-10H2,1-3H3. The summed E-state index contributed by atoms with van der Waals surface area (Å²) < 4.78 is 0. The number of amides is 1. The molecule has 4 heteroatoms. The summed E-state index contributed by atoms with van der Waals surface area (Å²) in [4.78, 5) is 14.2. The molecule has 0 aliphatic heterocycles. The van der Waals surface area contributed by atoms with E-state index in [9.17, 15) is 4.79 Å². The van der Waals surface area contributed by atoms with Gasteiger partial charge in [0.1, 0.15) is 0 Å². The van der Waals surface area contributed by atoms with Crippen LogP contribution in [-0.4, -0.2) is 23.9 Å². The van der Waals surface area contributed by atoms with Gasteiger partial charge in [-0.1, -0.05) is 37.6 Å². The molecule has 0 bridgehead atoms. The van der Waals surface area contributed by atoms with Crippen LogP contribution in [0.5, 0.6) is 0 Å². The molecule has 0 heterocycles. The molecule has 0 atom stereocenters. The monoisotopic (exact) mass is 278 g/mol. The van der Waals surface area contributed by atoms with Gasteiger partial charge in [-0.25, -0.2) is 0 Å². The molecule has 3 nitrogen and oxygen atoms in total. The van der Waals surface area contributed by atoms with Gasteiger partial charge in [-0.2, -0.15) is 5.26 Å². The lowest BCUT2D eigenvalue weighted by atomic mass is 10.1. The Kier molecular flexibility index (Phi) is 5.85. The van der Waals surface area contributed by atoms with Crippen molar-refractivity contribution < 1.29 is 4.79 Å². The van der Waals surface area contributed by atoms with Gasteiger partial charge in [0.15, 0.2) is 0 Å². The number of hydrogen-bond donors (Lipinski definition) is 0. The SMILES string of the molecule is Cc1cccc(C(=O)N(CCC#N)CC(C)C)c1Cl. The summed E-state index contributed by atoms with van der Waals surface area (Å²) in [5, 5.41) is 9.18. The first-order chi connectivity index (χ1) is 8.97. The van der Waals surface area contributed by atoms with Crippen LogP contribution in [0.2, 0.25) is 5.02 Å². The van der Waals surface area contributed by atoms with Crippen molar-refractivity contribution in [3.8, 4) is 6.07 Å². The largest absolute Gasteiger partial charge is 0.337 e. The van der Waals surface area contributed by atoms with Gasteiger partial charge in [-0.15, -0.1) is 0 Å². The number of nitriles is 1. The molecular weight excluding hydrogens is 260 g/mol. The Labute approximate surface area is 119 Å². The number of nitrogens with zero attached hydrogens (tertiary/aromatic N) is 2. The number of carbonyl (C=O) groups excluding carboxylic acids is 1. The summed E-state index contributed by atoms with van der Waals surface area (Å²) in [6.07, 6.45) is 0.335. The quantitative estimate of drug-likeness (QED) is 0.825. The lowest BCUT2D eigenvalue weighted by Crippen LogP contribution is -2.35. The van der Waals surface area contributed by atoms with Gasteiger partial charge in [0.05, 0.1) is 23.1 Å². The number of hydrogen-bond acceptors (Lipinski definition) is 2. The van der Waals surface area contributed by atoms with Crippen molar-refractivity contribution in [3.05, 3.63) is 34.3 Å². The van der Waals surface area contributed by atoms with E-state index in [4.69, 9.17) is 16.9 Å². The Morgan fingerprint density at radius 2 is 2.16 bits per heavy atom. The molecule has 1 aromatic carbocycles. The molecule has 0 aliphatic rings. The third-order valence-electron chi connectivity index (χ3n) is 2.79. The Balaban J connectivity index is 2.98. The second-order valence-electron chi connectivity index (χ2n) is 4.99.